The van der Waals surface area contributed by atoms with Gasteiger partial charge >= 0.3 is 6.03 Å². The van der Waals surface area contributed by atoms with Crippen LogP contribution in [0.1, 0.15) is 18.7 Å². The molecule has 0 aliphatic carbocycles. The van der Waals surface area contributed by atoms with Crippen LogP contribution in [0.25, 0.3) is 0 Å². The van der Waals surface area contributed by atoms with E-state index in [0.717, 1.165) is 38.2 Å². The lowest BCUT2D eigenvalue weighted by atomic mass is 9.94. The Bertz CT molecular complexity index is 683. The zero-order chi connectivity index (χ0) is 16.9. The first-order valence-corrected chi connectivity index (χ1v) is 8.18. The van der Waals surface area contributed by atoms with Crippen LogP contribution in [0.4, 0.5) is 10.5 Å². The number of aryl methyl sites for hydroxylation is 1. The molecule has 1 N–H and O–H groups in total. The molecule has 2 aromatic heterocycles. The second-order valence-corrected chi connectivity index (χ2v) is 6.13. The van der Waals surface area contributed by atoms with Crippen molar-refractivity contribution >= 4 is 11.7 Å². The third kappa shape index (κ3) is 3.84. The lowest BCUT2D eigenvalue weighted by Gasteiger charge is -2.32. The standard InChI is InChI=1S/C17H23N5O2/c1-21-9-7-18-15(21)10-13-4-3-8-22(12-13)17(23)20-14-5-6-16(24-2)19-11-14/h5-7,9,11,13H,3-4,8,10,12H2,1-2H3,(H,20,23)/t13-/m1/s1. The van der Waals surface area contributed by atoms with Gasteiger partial charge < -0.3 is 19.5 Å². The van der Waals surface area contributed by atoms with Gasteiger partial charge in [0.1, 0.15) is 5.82 Å². The fraction of sp³-hybridized carbons (Fsp3) is 0.471. The monoisotopic (exact) mass is 329 g/mol. The normalized spacial score (nSPS) is 17.6. The molecule has 3 rings (SSSR count). The molecule has 3 heterocycles. The van der Waals surface area contributed by atoms with Crippen LogP contribution in [0.5, 0.6) is 5.88 Å². The molecule has 0 unspecified atom stereocenters. The highest BCUT2D eigenvalue weighted by atomic mass is 16.5. The summed E-state index contributed by atoms with van der Waals surface area (Å²) in [6, 6.07) is 3.45. The maximum absolute atomic E-state index is 12.5. The molecule has 2 amide bonds. The number of hydrogen-bond acceptors (Lipinski definition) is 4. The molecule has 1 aliphatic rings. The molecule has 0 radical (unpaired) electrons. The Morgan fingerprint density at radius 3 is 2.96 bits per heavy atom. The lowest BCUT2D eigenvalue weighted by molar-refractivity contribution is 0.176. The average molecular weight is 329 g/mol. The number of carbonyl (C=O) groups is 1. The van der Waals surface area contributed by atoms with Crippen LogP contribution in [0.2, 0.25) is 0 Å². The molecular weight excluding hydrogens is 306 g/mol. The van der Waals surface area contributed by atoms with E-state index in [-0.39, 0.29) is 6.03 Å². The Hall–Kier alpha value is -2.57. The number of amides is 2. The number of rotatable bonds is 4. The number of methoxy groups -OCH3 is 1. The average Bonchev–Trinajstić information content (AvgIpc) is 3.00. The minimum absolute atomic E-state index is 0.0773. The molecule has 1 fully saturated rings. The molecule has 7 nitrogen and oxygen atoms in total. The molecule has 0 saturated carbocycles. The molecule has 0 aromatic carbocycles. The number of nitrogens with one attached hydrogen (secondary N) is 1. The molecule has 2 aromatic rings. The summed E-state index contributed by atoms with van der Waals surface area (Å²) in [4.78, 5) is 22.8. The van der Waals surface area contributed by atoms with E-state index >= 15 is 0 Å². The molecule has 24 heavy (non-hydrogen) atoms. The van der Waals surface area contributed by atoms with Crippen molar-refractivity contribution in [2.45, 2.75) is 19.3 Å². The van der Waals surface area contributed by atoms with E-state index in [1.54, 1.807) is 25.4 Å². The summed E-state index contributed by atoms with van der Waals surface area (Å²) in [6.07, 6.45) is 8.42. The number of carbonyl (C=O) groups excluding carboxylic acids is 1. The molecule has 1 saturated heterocycles. The molecule has 1 aliphatic heterocycles. The van der Waals surface area contributed by atoms with Crippen molar-refractivity contribution in [2.24, 2.45) is 13.0 Å². The van der Waals surface area contributed by atoms with E-state index in [9.17, 15) is 4.79 Å². The minimum atomic E-state index is -0.0773. The Morgan fingerprint density at radius 2 is 2.29 bits per heavy atom. The Kier molecular flexibility index (Phi) is 4.98. The first-order valence-electron chi connectivity index (χ1n) is 8.18. The van der Waals surface area contributed by atoms with Gasteiger partial charge in [0.2, 0.25) is 5.88 Å². The third-order valence-electron chi connectivity index (χ3n) is 4.40. The van der Waals surface area contributed by atoms with Crippen LogP contribution >= 0.6 is 0 Å². The van der Waals surface area contributed by atoms with Crippen LogP contribution in [0.15, 0.2) is 30.7 Å². The SMILES string of the molecule is COc1ccc(NC(=O)N2CCC[C@H](Cc3nccn3C)C2)cn1. The van der Waals surface area contributed by atoms with Crippen LogP contribution in [0.3, 0.4) is 0 Å². The smallest absolute Gasteiger partial charge is 0.321 e. The Balaban J connectivity index is 1.57. The van der Waals surface area contributed by atoms with Gasteiger partial charge in [-0.05, 0) is 24.8 Å². The maximum Gasteiger partial charge on any atom is 0.321 e. The number of likely N-dealkylation sites (tertiary alicyclic amines) is 1. The fourth-order valence-corrected chi connectivity index (χ4v) is 3.05. The van der Waals surface area contributed by atoms with E-state index < -0.39 is 0 Å². The quantitative estimate of drug-likeness (QED) is 0.934. The first-order chi connectivity index (χ1) is 11.7. The van der Waals surface area contributed by atoms with E-state index in [2.05, 4.69) is 15.3 Å². The number of piperidine rings is 1. The van der Waals surface area contributed by atoms with Crippen molar-refractivity contribution in [3.63, 3.8) is 0 Å². The number of pyridine rings is 1. The van der Waals surface area contributed by atoms with Gasteiger partial charge in [-0.2, -0.15) is 0 Å². The molecule has 128 valence electrons. The van der Waals surface area contributed by atoms with E-state index in [1.165, 1.54) is 0 Å². The molecule has 0 bridgehead atoms. The van der Waals surface area contributed by atoms with Gasteiger partial charge in [0.15, 0.2) is 0 Å². The Morgan fingerprint density at radius 1 is 1.42 bits per heavy atom. The van der Waals surface area contributed by atoms with Gasteiger partial charge in [0.25, 0.3) is 0 Å². The maximum atomic E-state index is 12.5. The fourth-order valence-electron chi connectivity index (χ4n) is 3.05. The van der Waals surface area contributed by atoms with Crippen molar-refractivity contribution in [1.29, 1.82) is 0 Å². The lowest BCUT2D eigenvalue weighted by Crippen LogP contribution is -2.43. The number of urea groups is 1. The number of hydrogen-bond donors (Lipinski definition) is 1. The Labute approximate surface area is 141 Å². The van der Waals surface area contributed by atoms with Crippen molar-refractivity contribution in [2.75, 3.05) is 25.5 Å². The zero-order valence-electron chi connectivity index (χ0n) is 14.1. The number of anilines is 1. The summed E-state index contributed by atoms with van der Waals surface area (Å²) in [5, 5.41) is 2.90. The second-order valence-electron chi connectivity index (χ2n) is 6.13. The van der Waals surface area contributed by atoms with Gasteiger partial charge in [0, 0.05) is 45.0 Å². The van der Waals surface area contributed by atoms with E-state index in [1.807, 2.05) is 28.9 Å². The molecule has 0 spiro atoms. The van der Waals surface area contributed by atoms with Crippen LogP contribution in [-0.2, 0) is 13.5 Å². The highest BCUT2D eigenvalue weighted by molar-refractivity contribution is 5.89. The number of aromatic nitrogens is 3. The topological polar surface area (TPSA) is 72.3 Å². The summed E-state index contributed by atoms with van der Waals surface area (Å²) in [5.41, 5.74) is 0.673. The highest BCUT2D eigenvalue weighted by Gasteiger charge is 2.24. The zero-order valence-corrected chi connectivity index (χ0v) is 14.1. The first kappa shape index (κ1) is 16.3. The summed E-state index contributed by atoms with van der Waals surface area (Å²) < 4.78 is 7.07. The summed E-state index contributed by atoms with van der Waals surface area (Å²) in [6.45, 7) is 1.54. The van der Waals surface area contributed by atoms with Crippen molar-refractivity contribution in [3.05, 3.63) is 36.5 Å². The number of ether oxygens (including phenoxy) is 1. The van der Waals surface area contributed by atoms with Crippen LogP contribution in [0, 0.1) is 5.92 Å². The van der Waals surface area contributed by atoms with Crippen molar-refractivity contribution < 1.29 is 9.53 Å². The predicted octanol–water partition coefficient (Wildman–Crippen LogP) is 2.31. The van der Waals surface area contributed by atoms with Crippen molar-refractivity contribution in [1.82, 2.24) is 19.4 Å². The van der Waals surface area contributed by atoms with Gasteiger partial charge in [-0.15, -0.1) is 0 Å². The number of nitrogens with zero attached hydrogens (tertiary/aromatic N) is 4. The van der Waals surface area contributed by atoms with Crippen molar-refractivity contribution in [3.8, 4) is 5.88 Å². The minimum Gasteiger partial charge on any atom is -0.481 e. The summed E-state index contributed by atoms with van der Waals surface area (Å²) >= 11 is 0. The van der Waals surface area contributed by atoms with Crippen LogP contribution in [-0.4, -0.2) is 45.7 Å². The van der Waals surface area contributed by atoms with Gasteiger partial charge in [-0.3, -0.25) is 0 Å². The van der Waals surface area contributed by atoms with E-state index in [4.69, 9.17) is 4.74 Å². The summed E-state index contributed by atoms with van der Waals surface area (Å²) in [7, 11) is 3.57. The van der Waals surface area contributed by atoms with Gasteiger partial charge in [-0.25, -0.2) is 14.8 Å². The predicted molar refractivity (Wildman–Crippen MR) is 91.0 cm³/mol. The van der Waals surface area contributed by atoms with Gasteiger partial charge in [-0.1, -0.05) is 0 Å². The third-order valence-corrected chi connectivity index (χ3v) is 4.40. The molecule has 7 heteroatoms. The van der Waals surface area contributed by atoms with Crippen LogP contribution < -0.4 is 10.1 Å². The largest absolute Gasteiger partial charge is 0.481 e. The molecular formula is C17H23N5O2. The highest BCUT2D eigenvalue weighted by Crippen LogP contribution is 2.21. The van der Waals surface area contributed by atoms with E-state index in [0.29, 0.717) is 17.5 Å². The van der Waals surface area contributed by atoms with Gasteiger partial charge in [0.05, 0.1) is 19.0 Å². The second kappa shape index (κ2) is 7.33. The number of imidazole rings is 1. The molecule has 1 atom stereocenters. The summed E-state index contributed by atoms with van der Waals surface area (Å²) in [5.74, 6) is 2.04.